The molecule has 0 aliphatic rings. The van der Waals surface area contributed by atoms with E-state index >= 15 is 0 Å². The molecule has 1 heterocycles. The lowest BCUT2D eigenvalue weighted by molar-refractivity contribution is 0.112. The van der Waals surface area contributed by atoms with Gasteiger partial charge in [0.15, 0.2) is 0 Å². The molecule has 1 unspecified atom stereocenters. The summed E-state index contributed by atoms with van der Waals surface area (Å²) in [6, 6.07) is 4.32. The van der Waals surface area contributed by atoms with E-state index in [1.54, 1.807) is 7.11 Å². The molecular weight excluding hydrogens is 226 g/mol. The zero-order valence-electron chi connectivity index (χ0n) is 11.7. The zero-order chi connectivity index (χ0) is 13.4. The zero-order valence-corrected chi connectivity index (χ0v) is 11.7. The lowest BCUT2D eigenvalue weighted by Gasteiger charge is -2.32. The van der Waals surface area contributed by atoms with Crippen LogP contribution in [-0.4, -0.2) is 43.2 Å². The van der Waals surface area contributed by atoms with Gasteiger partial charge in [0.2, 0.25) is 0 Å². The molecule has 0 bridgehead atoms. The normalized spacial score (nSPS) is 13.2. The molecule has 4 nitrogen and oxygen atoms in total. The molecule has 0 aliphatic heterocycles. The summed E-state index contributed by atoms with van der Waals surface area (Å²) in [5, 5.41) is 0. The summed E-state index contributed by atoms with van der Waals surface area (Å²) in [5.74, 6) is 0.609. The quantitative estimate of drug-likeness (QED) is 0.764. The van der Waals surface area contributed by atoms with Gasteiger partial charge < -0.3 is 10.5 Å². The number of nitrogens with zero attached hydrogens (tertiary/aromatic N) is 2. The molecule has 2 N–H and O–H groups in total. The first-order chi connectivity index (χ1) is 8.69. The third-order valence-electron chi connectivity index (χ3n) is 2.94. The van der Waals surface area contributed by atoms with Crippen LogP contribution < -0.4 is 5.73 Å². The van der Waals surface area contributed by atoms with Crippen LogP contribution in [-0.2, 0) is 4.74 Å². The fourth-order valence-electron chi connectivity index (χ4n) is 2.13. The Labute approximate surface area is 110 Å². The SMILES string of the molecule is COCCN(CC(C)C)C(CN)c1ccncc1. The maximum Gasteiger partial charge on any atom is 0.0589 e. The van der Waals surface area contributed by atoms with Crippen LogP contribution in [0.4, 0.5) is 0 Å². The molecule has 0 saturated heterocycles. The van der Waals surface area contributed by atoms with Gasteiger partial charge in [0.25, 0.3) is 0 Å². The molecule has 1 aromatic heterocycles. The second-order valence-corrected chi connectivity index (χ2v) is 4.91. The number of methoxy groups -OCH3 is 1. The highest BCUT2D eigenvalue weighted by Gasteiger charge is 2.19. The largest absolute Gasteiger partial charge is 0.383 e. The molecular formula is C14H25N3O. The average molecular weight is 251 g/mol. The van der Waals surface area contributed by atoms with E-state index in [1.807, 2.05) is 24.5 Å². The number of rotatable bonds is 8. The maximum absolute atomic E-state index is 5.95. The Balaban J connectivity index is 2.79. The summed E-state index contributed by atoms with van der Waals surface area (Å²) >= 11 is 0. The van der Waals surface area contributed by atoms with Gasteiger partial charge in [0, 0.05) is 45.2 Å². The summed E-state index contributed by atoms with van der Waals surface area (Å²) in [5.41, 5.74) is 7.18. The third kappa shape index (κ3) is 4.72. The Hall–Kier alpha value is -0.970. The van der Waals surface area contributed by atoms with Gasteiger partial charge in [-0.2, -0.15) is 0 Å². The first kappa shape index (κ1) is 15.1. The second kappa shape index (κ2) is 8.19. The first-order valence-electron chi connectivity index (χ1n) is 6.52. The van der Waals surface area contributed by atoms with Crippen molar-refractivity contribution >= 4 is 0 Å². The number of aromatic nitrogens is 1. The topological polar surface area (TPSA) is 51.4 Å². The van der Waals surface area contributed by atoms with Crippen LogP contribution in [0.25, 0.3) is 0 Å². The summed E-state index contributed by atoms with van der Waals surface area (Å²) in [6.07, 6.45) is 3.64. The maximum atomic E-state index is 5.95. The summed E-state index contributed by atoms with van der Waals surface area (Å²) < 4.78 is 5.19. The number of nitrogens with two attached hydrogens (primary N) is 1. The molecule has 0 aliphatic carbocycles. The Morgan fingerprint density at radius 3 is 2.50 bits per heavy atom. The van der Waals surface area contributed by atoms with Crippen molar-refractivity contribution in [2.24, 2.45) is 11.7 Å². The van der Waals surface area contributed by atoms with Gasteiger partial charge in [-0.3, -0.25) is 9.88 Å². The van der Waals surface area contributed by atoms with E-state index < -0.39 is 0 Å². The lowest BCUT2D eigenvalue weighted by atomic mass is 10.1. The molecule has 0 aromatic carbocycles. The molecule has 0 radical (unpaired) electrons. The monoisotopic (exact) mass is 251 g/mol. The van der Waals surface area contributed by atoms with Crippen LogP contribution in [0.5, 0.6) is 0 Å². The average Bonchev–Trinajstić information content (AvgIpc) is 2.37. The molecule has 0 saturated carbocycles. The van der Waals surface area contributed by atoms with Crippen molar-refractivity contribution in [3.8, 4) is 0 Å². The second-order valence-electron chi connectivity index (χ2n) is 4.91. The van der Waals surface area contributed by atoms with Crippen molar-refractivity contribution in [2.45, 2.75) is 19.9 Å². The summed E-state index contributed by atoms with van der Waals surface area (Å²) in [6.45, 7) is 7.71. The number of hydrogen-bond acceptors (Lipinski definition) is 4. The predicted octanol–water partition coefficient (Wildman–Crippen LogP) is 1.69. The Morgan fingerprint density at radius 1 is 1.33 bits per heavy atom. The van der Waals surface area contributed by atoms with Gasteiger partial charge in [-0.1, -0.05) is 13.8 Å². The van der Waals surface area contributed by atoms with E-state index in [2.05, 4.69) is 23.7 Å². The first-order valence-corrected chi connectivity index (χ1v) is 6.52. The predicted molar refractivity (Wildman–Crippen MR) is 74.3 cm³/mol. The highest BCUT2D eigenvalue weighted by molar-refractivity contribution is 5.15. The van der Waals surface area contributed by atoms with Crippen LogP contribution in [0, 0.1) is 5.92 Å². The molecule has 1 rings (SSSR count). The van der Waals surface area contributed by atoms with Crippen molar-refractivity contribution in [1.82, 2.24) is 9.88 Å². The van der Waals surface area contributed by atoms with Crippen LogP contribution in [0.2, 0.25) is 0 Å². The fourth-order valence-corrected chi connectivity index (χ4v) is 2.13. The minimum Gasteiger partial charge on any atom is -0.383 e. The molecule has 1 aromatic rings. The molecule has 102 valence electrons. The van der Waals surface area contributed by atoms with E-state index in [0.717, 1.165) is 19.7 Å². The molecule has 0 amide bonds. The highest BCUT2D eigenvalue weighted by Crippen LogP contribution is 2.19. The van der Waals surface area contributed by atoms with Gasteiger partial charge in [-0.25, -0.2) is 0 Å². The standard InChI is InChI=1S/C14H25N3O/c1-12(2)11-17(8-9-18-3)14(10-15)13-4-6-16-7-5-13/h4-7,12,14H,8-11,15H2,1-3H3. The highest BCUT2D eigenvalue weighted by atomic mass is 16.5. The van der Waals surface area contributed by atoms with E-state index in [-0.39, 0.29) is 6.04 Å². The fraction of sp³-hybridized carbons (Fsp3) is 0.643. The Morgan fingerprint density at radius 2 is 2.00 bits per heavy atom. The summed E-state index contributed by atoms with van der Waals surface area (Å²) in [4.78, 5) is 6.45. The summed E-state index contributed by atoms with van der Waals surface area (Å²) in [7, 11) is 1.73. The third-order valence-corrected chi connectivity index (χ3v) is 2.94. The van der Waals surface area contributed by atoms with Crippen molar-refractivity contribution in [3.05, 3.63) is 30.1 Å². The van der Waals surface area contributed by atoms with Crippen molar-refractivity contribution < 1.29 is 4.74 Å². The van der Waals surface area contributed by atoms with Gasteiger partial charge in [0.1, 0.15) is 0 Å². The smallest absolute Gasteiger partial charge is 0.0589 e. The molecule has 4 heteroatoms. The lowest BCUT2D eigenvalue weighted by Crippen LogP contribution is -2.38. The van der Waals surface area contributed by atoms with E-state index in [4.69, 9.17) is 10.5 Å². The van der Waals surface area contributed by atoms with Crippen LogP contribution in [0.1, 0.15) is 25.5 Å². The van der Waals surface area contributed by atoms with Gasteiger partial charge in [-0.15, -0.1) is 0 Å². The molecule has 0 fully saturated rings. The Bertz CT molecular complexity index is 316. The van der Waals surface area contributed by atoms with Crippen LogP contribution in [0.3, 0.4) is 0 Å². The minimum atomic E-state index is 0.241. The number of hydrogen-bond donors (Lipinski definition) is 1. The molecule has 1 atom stereocenters. The molecule has 18 heavy (non-hydrogen) atoms. The minimum absolute atomic E-state index is 0.241. The van der Waals surface area contributed by atoms with Crippen molar-refractivity contribution in [1.29, 1.82) is 0 Å². The Kier molecular flexibility index (Phi) is 6.86. The van der Waals surface area contributed by atoms with Gasteiger partial charge in [0.05, 0.1) is 6.61 Å². The number of ether oxygens (including phenoxy) is 1. The van der Waals surface area contributed by atoms with Crippen molar-refractivity contribution in [3.63, 3.8) is 0 Å². The van der Waals surface area contributed by atoms with Crippen LogP contribution in [0.15, 0.2) is 24.5 Å². The number of pyridine rings is 1. The van der Waals surface area contributed by atoms with Gasteiger partial charge in [-0.05, 0) is 23.6 Å². The van der Waals surface area contributed by atoms with Crippen molar-refractivity contribution in [2.75, 3.05) is 33.4 Å². The van der Waals surface area contributed by atoms with Gasteiger partial charge >= 0.3 is 0 Å². The van der Waals surface area contributed by atoms with Crippen LogP contribution >= 0.6 is 0 Å². The van der Waals surface area contributed by atoms with E-state index in [0.29, 0.717) is 12.5 Å². The van der Waals surface area contributed by atoms with E-state index in [1.165, 1.54) is 5.56 Å². The molecule has 0 spiro atoms. The van der Waals surface area contributed by atoms with E-state index in [9.17, 15) is 0 Å².